The summed E-state index contributed by atoms with van der Waals surface area (Å²) in [5, 5.41) is 2.99. The van der Waals surface area contributed by atoms with Crippen LogP contribution in [0.15, 0.2) is 30.3 Å². The fourth-order valence-electron chi connectivity index (χ4n) is 3.15. The molecule has 0 radical (unpaired) electrons. The molecule has 2 rings (SSSR count). The highest BCUT2D eigenvalue weighted by Gasteiger charge is 2.38. The minimum atomic E-state index is -3.32. The molecule has 0 unspecified atom stereocenters. The van der Waals surface area contributed by atoms with Crippen molar-refractivity contribution >= 4 is 15.9 Å². The molecule has 1 amide bonds. The van der Waals surface area contributed by atoms with Gasteiger partial charge in [-0.05, 0) is 44.6 Å². The number of carbonyl (C=O) groups excluding carboxylic acids is 1. The highest BCUT2D eigenvalue weighted by Crippen LogP contribution is 2.22. The maximum Gasteiger partial charge on any atom is 0.238 e. The predicted octanol–water partition coefficient (Wildman–Crippen LogP) is 2.33. The predicted molar refractivity (Wildman–Crippen MR) is 96.2 cm³/mol. The Bertz CT molecular complexity index is 631. The molecule has 2 atom stereocenters. The SMILES string of the molecule is CCCS(=O)(=O)N1CCC[C@H]1C(=O)N[C@@H](C)CCc1ccccc1. The molecule has 0 aromatic heterocycles. The Kier molecular flexibility index (Phi) is 6.80. The number of benzene rings is 1. The molecule has 1 heterocycles. The summed E-state index contributed by atoms with van der Waals surface area (Å²) in [4.78, 5) is 12.5. The van der Waals surface area contributed by atoms with Crippen molar-refractivity contribution < 1.29 is 13.2 Å². The number of nitrogens with one attached hydrogen (secondary N) is 1. The van der Waals surface area contributed by atoms with E-state index in [2.05, 4.69) is 17.4 Å². The van der Waals surface area contributed by atoms with Crippen LogP contribution in [0, 0.1) is 0 Å². The quantitative estimate of drug-likeness (QED) is 0.781. The average molecular weight is 353 g/mol. The van der Waals surface area contributed by atoms with E-state index in [1.807, 2.05) is 32.0 Å². The van der Waals surface area contributed by atoms with E-state index in [1.165, 1.54) is 9.87 Å². The van der Waals surface area contributed by atoms with E-state index < -0.39 is 16.1 Å². The van der Waals surface area contributed by atoms with E-state index in [0.717, 1.165) is 19.3 Å². The third kappa shape index (κ3) is 5.05. The number of sulfonamides is 1. The number of hydrogen-bond donors (Lipinski definition) is 1. The van der Waals surface area contributed by atoms with Crippen LogP contribution in [-0.2, 0) is 21.2 Å². The lowest BCUT2D eigenvalue weighted by Crippen LogP contribution is -2.48. The van der Waals surface area contributed by atoms with Crippen molar-refractivity contribution in [2.75, 3.05) is 12.3 Å². The lowest BCUT2D eigenvalue weighted by atomic mass is 10.1. The van der Waals surface area contributed by atoms with E-state index in [0.29, 0.717) is 19.4 Å². The summed E-state index contributed by atoms with van der Waals surface area (Å²) in [6, 6.07) is 9.63. The smallest absolute Gasteiger partial charge is 0.238 e. The second-order valence-corrected chi connectivity index (χ2v) is 8.56. The molecule has 1 aromatic carbocycles. The molecule has 1 aromatic rings. The Hall–Kier alpha value is -1.40. The summed E-state index contributed by atoms with van der Waals surface area (Å²) in [7, 11) is -3.32. The zero-order valence-electron chi connectivity index (χ0n) is 14.6. The Labute approximate surface area is 145 Å². The number of hydrogen-bond acceptors (Lipinski definition) is 3. The Morgan fingerprint density at radius 3 is 2.71 bits per heavy atom. The van der Waals surface area contributed by atoms with Crippen molar-refractivity contribution in [2.24, 2.45) is 0 Å². The molecular weight excluding hydrogens is 324 g/mol. The summed E-state index contributed by atoms with van der Waals surface area (Å²) in [6.45, 7) is 4.27. The zero-order valence-corrected chi connectivity index (χ0v) is 15.4. The molecule has 24 heavy (non-hydrogen) atoms. The van der Waals surface area contributed by atoms with Gasteiger partial charge in [0.1, 0.15) is 6.04 Å². The van der Waals surface area contributed by atoms with Crippen LogP contribution in [0.5, 0.6) is 0 Å². The highest BCUT2D eigenvalue weighted by atomic mass is 32.2. The van der Waals surface area contributed by atoms with E-state index in [-0.39, 0.29) is 17.7 Å². The zero-order chi connectivity index (χ0) is 17.6. The first-order valence-electron chi connectivity index (χ1n) is 8.78. The van der Waals surface area contributed by atoms with E-state index in [1.54, 1.807) is 0 Å². The van der Waals surface area contributed by atoms with E-state index in [9.17, 15) is 13.2 Å². The monoisotopic (exact) mass is 352 g/mol. The fraction of sp³-hybridized carbons (Fsp3) is 0.611. The van der Waals surface area contributed by atoms with E-state index in [4.69, 9.17) is 0 Å². The van der Waals surface area contributed by atoms with Gasteiger partial charge in [0.05, 0.1) is 5.75 Å². The summed E-state index contributed by atoms with van der Waals surface area (Å²) >= 11 is 0. The molecule has 1 aliphatic heterocycles. The Balaban J connectivity index is 1.88. The van der Waals surface area contributed by atoms with Crippen LogP contribution in [0.25, 0.3) is 0 Å². The van der Waals surface area contributed by atoms with Gasteiger partial charge in [-0.2, -0.15) is 4.31 Å². The molecule has 0 bridgehead atoms. The molecule has 5 nitrogen and oxygen atoms in total. The molecule has 0 spiro atoms. The van der Waals surface area contributed by atoms with Gasteiger partial charge in [0.15, 0.2) is 0 Å². The van der Waals surface area contributed by atoms with Crippen molar-refractivity contribution in [3.8, 4) is 0 Å². The minimum absolute atomic E-state index is 0.0223. The fourth-order valence-corrected chi connectivity index (χ4v) is 4.90. The van der Waals surface area contributed by atoms with Gasteiger partial charge in [-0.3, -0.25) is 4.79 Å². The molecule has 1 saturated heterocycles. The molecule has 6 heteroatoms. The first-order chi connectivity index (χ1) is 11.4. The van der Waals surface area contributed by atoms with Crippen LogP contribution in [0.3, 0.4) is 0 Å². The van der Waals surface area contributed by atoms with Gasteiger partial charge in [-0.25, -0.2) is 8.42 Å². The summed E-state index contributed by atoms with van der Waals surface area (Å²) in [6.07, 6.45) is 3.66. The number of carbonyl (C=O) groups is 1. The standard InChI is InChI=1S/C18H28N2O3S/c1-3-14-24(22,23)20-13-7-10-17(20)18(21)19-15(2)11-12-16-8-5-4-6-9-16/h4-6,8-9,15,17H,3,7,10-14H2,1-2H3,(H,19,21)/t15-,17-/m0/s1. The van der Waals surface area contributed by atoms with Crippen LogP contribution in [0.2, 0.25) is 0 Å². The highest BCUT2D eigenvalue weighted by molar-refractivity contribution is 7.89. The maximum atomic E-state index is 12.5. The molecule has 134 valence electrons. The van der Waals surface area contributed by atoms with Gasteiger partial charge < -0.3 is 5.32 Å². The lowest BCUT2D eigenvalue weighted by molar-refractivity contribution is -0.124. The number of rotatable bonds is 8. The summed E-state index contributed by atoms with van der Waals surface area (Å²) in [5.74, 6) is -0.0481. The van der Waals surface area contributed by atoms with Crippen LogP contribution < -0.4 is 5.32 Å². The number of aryl methyl sites for hydroxylation is 1. The van der Waals surface area contributed by atoms with Gasteiger partial charge in [0.25, 0.3) is 0 Å². The Morgan fingerprint density at radius 1 is 1.33 bits per heavy atom. The van der Waals surface area contributed by atoms with Gasteiger partial charge in [-0.1, -0.05) is 37.3 Å². The molecule has 1 aliphatic rings. The molecule has 1 fully saturated rings. The van der Waals surface area contributed by atoms with Gasteiger partial charge in [0.2, 0.25) is 15.9 Å². The average Bonchev–Trinajstić information content (AvgIpc) is 3.04. The maximum absolute atomic E-state index is 12.5. The summed E-state index contributed by atoms with van der Waals surface area (Å²) < 4.78 is 26.0. The van der Waals surface area contributed by atoms with Crippen LogP contribution in [0.1, 0.15) is 45.1 Å². The first-order valence-corrected chi connectivity index (χ1v) is 10.4. The molecule has 1 N–H and O–H groups in total. The second-order valence-electron chi connectivity index (χ2n) is 6.52. The third-order valence-corrected chi connectivity index (χ3v) is 6.50. The van der Waals surface area contributed by atoms with Crippen LogP contribution >= 0.6 is 0 Å². The topological polar surface area (TPSA) is 66.5 Å². The second kappa shape index (κ2) is 8.62. The number of nitrogens with zero attached hydrogens (tertiary/aromatic N) is 1. The van der Waals surface area contributed by atoms with E-state index >= 15 is 0 Å². The van der Waals surface area contributed by atoms with Crippen molar-refractivity contribution in [3.63, 3.8) is 0 Å². The lowest BCUT2D eigenvalue weighted by Gasteiger charge is -2.25. The molecular formula is C18H28N2O3S. The van der Waals surface area contributed by atoms with Crippen molar-refractivity contribution in [3.05, 3.63) is 35.9 Å². The van der Waals surface area contributed by atoms with Crippen molar-refractivity contribution in [1.29, 1.82) is 0 Å². The largest absolute Gasteiger partial charge is 0.352 e. The van der Waals surface area contributed by atoms with Crippen molar-refractivity contribution in [1.82, 2.24) is 9.62 Å². The normalized spacial score (nSPS) is 20.0. The van der Waals surface area contributed by atoms with Gasteiger partial charge in [-0.15, -0.1) is 0 Å². The van der Waals surface area contributed by atoms with Gasteiger partial charge >= 0.3 is 0 Å². The van der Waals surface area contributed by atoms with Gasteiger partial charge in [0, 0.05) is 12.6 Å². The molecule has 0 saturated carbocycles. The molecule has 0 aliphatic carbocycles. The van der Waals surface area contributed by atoms with Crippen LogP contribution in [0.4, 0.5) is 0 Å². The number of amides is 1. The summed E-state index contributed by atoms with van der Waals surface area (Å²) in [5.41, 5.74) is 1.24. The Morgan fingerprint density at radius 2 is 2.04 bits per heavy atom. The first kappa shape index (κ1) is 18.9. The van der Waals surface area contributed by atoms with Crippen molar-refractivity contribution in [2.45, 2.75) is 58.0 Å². The van der Waals surface area contributed by atoms with Crippen LogP contribution in [-0.4, -0.2) is 43.0 Å². The minimum Gasteiger partial charge on any atom is -0.352 e. The third-order valence-electron chi connectivity index (χ3n) is 4.42.